The SMILES string of the molecule is Cc1sc(C)c2c(C)nsc12. The van der Waals surface area contributed by atoms with Crippen LogP contribution in [0, 0.1) is 20.8 Å². The number of rotatable bonds is 0. The van der Waals surface area contributed by atoms with E-state index in [1.165, 1.54) is 25.5 Å². The molecule has 0 spiro atoms. The largest absolute Gasteiger partial charge is 0.197 e. The van der Waals surface area contributed by atoms with Gasteiger partial charge in [0, 0.05) is 15.1 Å². The van der Waals surface area contributed by atoms with E-state index in [9.17, 15) is 0 Å². The van der Waals surface area contributed by atoms with Crippen LogP contribution in [0.5, 0.6) is 0 Å². The summed E-state index contributed by atoms with van der Waals surface area (Å²) in [5.74, 6) is 0. The number of aromatic nitrogens is 1. The molecule has 0 saturated heterocycles. The second-order valence-electron chi connectivity index (χ2n) is 2.69. The van der Waals surface area contributed by atoms with Gasteiger partial charge in [0.15, 0.2) is 0 Å². The van der Waals surface area contributed by atoms with Crippen LogP contribution in [0.25, 0.3) is 10.1 Å². The van der Waals surface area contributed by atoms with Crippen molar-refractivity contribution in [3.05, 3.63) is 15.4 Å². The number of aryl methyl sites for hydroxylation is 3. The summed E-state index contributed by atoms with van der Waals surface area (Å²) in [7, 11) is 0. The molecule has 11 heavy (non-hydrogen) atoms. The fourth-order valence-electron chi connectivity index (χ4n) is 1.35. The standard InChI is InChI=1S/C8H9NS2/c1-4-7-5(2)10-6(3)8(7)11-9-4/h1-3H3. The van der Waals surface area contributed by atoms with E-state index >= 15 is 0 Å². The average Bonchev–Trinajstić information content (AvgIpc) is 2.41. The fourth-order valence-corrected chi connectivity index (χ4v) is 3.50. The minimum Gasteiger partial charge on any atom is -0.197 e. The summed E-state index contributed by atoms with van der Waals surface area (Å²) >= 11 is 3.50. The smallest absolute Gasteiger partial charge is 0.0691 e. The molecule has 0 aliphatic heterocycles. The predicted molar refractivity (Wildman–Crippen MR) is 51.7 cm³/mol. The molecule has 2 aromatic heterocycles. The van der Waals surface area contributed by atoms with Crippen molar-refractivity contribution in [3.8, 4) is 0 Å². The molecule has 2 rings (SSSR count). The molecule has 0 aliphatic carbocycles. The quantitative estimate of drug-likeness (QED) is 0.610. The highest BCUT2D eigenvalue weighted by molar-refractivity contribution is 7.21. The zero-order valence-corrected chi connectivity index (χ0v) is 8.40. The van der Waals surface area contributed by atoms with Gasteiger partial charge in [-0.3, -0.25) is 0 Å². The average molecular weight is 183 g/mol. The van der Waals surface area contributed by atoms with Gasteiger partial charge in [0.2, 0.25) is 0 Å². The summed E-state index contributed by atoms with van der Waals surface area (Å²) in [4.78, 5) is 2.81. The fraction of sp³-hybridized carbons (Fsp3) is 0.375. The Morgan fingerprint density at radius 2 is 1.82 bits per heavy atom. The monoisotopic (exact) mass is 183 g/mol. The van der Waals surface area contributed by atoms with Gasteiger partial charge in [-0.2, -0.15) is 4.37 Å². The van der Waals surface area contributed by atoms with Gasteiger partial charge in [0.25, 0.3) is 0 Å². The Balaban J connectivity index is 2.98. The minimum atomic E-state index is 1.19. The molecule has 0 bridgehead atoms. The van der Waals surface area contributed by atoms with Crippen LogP contribution in [-0.2, 0) is 0 Å². The Labute approximate surface area is 73.8 Å². The van der Waals surface area contributed by atoms with Crippen molar-refractivity contribution in [1.29, 1.82) is 0 Å². The Kier molecular flexibility index (Phi) is 1.51. The first-order valence-electron chi connectivity index (χ1n) is 3.52. The van der Waals surface area contributed by atoms with E-state index in [-0.39, 0.29) is 0 Å². The zero-order valence-electron chi connectivity index (χ0n) is 6.76. The molecule has 0 radical (unpaired) electrons. The van der Waals surface area contributed by atoms with Crippen LogP contribution in [0.1, 0.15) is 15.4 Å². The van der Waals surface area contributed by atoms with Crippen LogP contribution in [0.15, 0.2) is 0 Å². The first-order valence-corrected chi connectivity index (χ1v) is 5.11. The summed E-state index contributed by atoms with van der Waals surface area (Å²) in [6.07, 6.45) is 0. The van der Waals surface area contributed by atoms with Crippen molar-refractivity contribution in [2.24, 2.45) is 0 Å². The lowest BCUT2D eigenvalue weighted by Gasteiger charge is -1.82. The lowest BCUT2D eigenvalue weighted by molar-refractivity contribution is 1.37. The lowest BCUT2D eigenvalue weighted by atomic mass is 10.2. The third-order valence-electron chi connectivity index (χ3n) is 1.84. The Hall–Kier alpha value is -0.410. The van der Waals surface area contributed by atoms with Gasteiger partial charge >= 0.3 is 0 Å². The van der Waals surface area contributed by atoms with Crippen molar-refractivity contribution in [2.75, 3.05) is 0 Å². The molecule has 0 aromatic carbocycles. The van der Waals surface area contributed by atoms with Crippen LogP contribution in [0.2, 0.25) is 0 Å². The third kappa shape index (κ3) is 0.914. The second kappa shape index (κ2) is 2.29. The van der Waals surface area contributed by atoms with Crippen LogP contribution in [0.4, 0.5) is 0 Å². The number of fused-ring (bicyclic) bond motifs is 1. The molecule has 58 valence electrons. The van der Waals surface area contributed by atoms with E-state index in [0.29, 0.717) is 0 Å². The summed E-state index contributed by atoms with van der Waals surface area (Å²) in [5.41, 5.74) is 1.19. The number of thiophene rings is 1. The van der Waals surface area contributed by atoms with Gasteiger partial charge in [-0.05, 0) is 32.3 Å². The highest BCUT2D eigenvalue weighted by Crippen LogP contribution is 2.34. The molecular weight excluding hydrogens is 174 g/mol. The summed E-state index contributed by atoms with van der Waals surface area (Å²) in [6, 6.07) is 0. The number of hydrogen-bond donors (Lipinski definition) is 0. The van der Waals surface area contributed by atoms with E-state index in [2.05, 4.69) is 25.1 Å². The van der Waals surface area contributed by atoms with Crippen LogP contribution < -0.4 is 0 Å². The molecule has 1 nitrogen and oxygen atoms in total. The molecule has 2 aromatic rings. The molecule has 3 heteroatoms. The van der Waals surface area contributed by atoms with Gasteiger partial charge in [0.1, 0.15) is 0 Å². The van der Waals surface area contributed by atoms with E-state index < -0.39 is 0 Å². The Morgan fingerprint density at radius 3 is 2.45 bits per heavy atom. The molecule has 0 unspecified atom stereocenters. The second-order valence-corrected chi connectivity index (χ2v) is 4.89. The Morgan fingerprint density at radius 1 is 1.09 bits per heavy atom. The highest BCUT2D eigenvalue weighted by Gasteiger charge is 2.09. The molecule has 0 saturated carbocycles. The van der Waals surface area contributed by atoms with Gasteiger partial charge in [-0.25, -0.2) is 0 Å². The van der Waals surface area contributed by atoms with Crippen molar-refractivity contribution < 1.29 is 0 Å². The van der Waals surface area contributed by atoms with Gasteiger partial charge in [0.05, 0.1) is 10.4 Å². The van der Waals surface area contributed by atoms with Crippen molar-refractivity contribution in [3.63, 3.8) is 0 Å². The third-order valence-corrected chi connectivity index (χ3v) is 4.05. The van der Waals surface area contributed by atoms with Gasteiger partial charge in [-0.15, -0.1) is 11.3 Å². The maximum atomic E-state index is 4.33. The zero-order chi connectivity index (χ0) is 8.01. The summed E-state index contributed by atoms with van der Waals surface area (Å²) < 4.78 is 5.71. The maximum Gasteiger partial charge on any atom is 0.0691 e. The van der Waals surface area contributed by atoms with E-state index in [1.54, 1.807) is 11.5 Å². The topological polar surface area (TPSA) is 12.9 Å². The van der Waals surface area contributed by atoms with Crippen LogP contribution in [-0.4, -0.2) is 4.37 Å². The first kappa shape index (κ1) is 7.25. The Bertz CT molecular complexity index is 397. The molecule has 0 aliphatic rings. The molecule has 0 atom stereocenters. The number of hydrogen-bond acceptors (Lipinski definition) is 3. The lowest BCUT2D eigenvalue weighted by Crippen LogP contribution is -1.67. The van der Waals surface area contributed by atoms with Crippen LogP contribution in [0.3, 0.4) is 0 Å². The first-order chi connectivity index (χ1) is 5.20. The van der Waals surface area contributed by atoms with E-state index in [1.807, 2.05) is 11.3 Å². The minimum absolute atomic E-state index is 1.19. The molecule has 0 amide bonds. The molecule has 0 N–H and O–H groups in total. The van der Waals surface area contributed by atoms with Gasteiger partial charge in [-0.1, -0.05) is 0 Å². The van der Waals surface area contributed by atoms with E-state index in [0.717, 1.165) is 0 Å². The number of nitrogens with zero attached hydrogens (tertiary/aromatic N) is 1. The van der Waals surface area contributed by atoms with Crippen molar-refractivity contribution in [1.82, 2.24) is 4.37 Å². The molecule has 2 heterocycles. The van der Waals surface area contributed by atoms with E-state index in [4.69, 9.17) is 0 Å². The molecule has 0 fully saturated rings. The predicted octanol–water partition coefficient (Wildman–Crippen LogP) is 3.28. The molecular formula is C8H9NS2. The van der Waals surface area contributed by atoms with Crippen LogP contribution >= 0.6 is 22.9 Å². The van der Waals surface area contributed by atoms with Crippen molar-refractivity contribution in [2.45, 2.75) is 20.8 Å². The van der Waals surface area contributed by atoms with Crippen molar-refractivity contribution >= 4 is 33.0 Å². The maximum absolute atomic E-state index is 4.33. The summed E-state index contributed by atoms with van der Waals surface area (Å²) in [5, 5.41) is 1.39. The normalized spacial score (nSPS) is 11.2. The van der Waals surface area contributed by atoms with Gasteiger partial charge < -0.3 is 0 Å². The summed E-state index contributed by atoms with van der Waals surface area (Å²) in [6.45, 7) is 6.41. The highest BCUT2D eigenvalue weighted by atomic mass is 32.1.